The number of ether oxygens (including phenoxy) is 1. The van der Waals surface area contributed by atoms with Crippen LogP contribution in [0.5, 0.6) is 0 Å². The van der Waals surface area contributed by atoms with E-state index in [0.717, 1.165) is 51.1 Å². The zero-order chi connectivity index (χ0) is 17.0. The van der Waals surface area contributed by atoms with Gasteiger partial charge >= 0.3 is 0 Å². The molecule has 1 amide bonds. The predicted molar refractivity (Wildman–Crippen MR) is 96.3 cm³/mol. The fourth-order valence-electron chi connectivity index (χ4n) is 4.31. The van der Waals surface area contributed by atoms with Gasteiger partial charge in [0, 0.05) is 44.5 Å². The van der Waals surface area contributed by atoms with Crippen LogP contribution in [0.1, 0.15) is 48.0 Å². The van der Waals surface area contributed by atoms with Crippen LogP contribution in [0.15, 0.2) is 24.3 Å². The smallest absolute Gasteiger partial charge is 0.253 e. The Labute approximate surface area is 145 Å². The molecule has 2 fully saturated rings. The topological polar surface area (TPSA) is 32.8 Å². The van der Waals surface area contributed by atoms with Gasteiger partial charge in [0.15, 0.2) is 0 Å². The van der Waals surface area contributed by atoms with E-state index in [4.69, 9.17) is 4.74 Å². The third-order valence-corrected chi connectivity index (χ3v) is 5.80. The van der Waals surface area contributed by atoms with Gasteiger partial charge in [-0.1, -0.05) is 17.7 Å². The molecule has 4 nitrogen and oxygen atoms in total. The summed E-state index contributed by atoms with van der Waals surface area (Å²) >= 11 is 0. The summed E-state index contributed by atoms with van der Waals surface area (Å²) < 4.78 is 5.20. The lowest BCUT2D eigenvalue weighted by Gasteiger charge is -2.45. The first-order valence-corrected chi connectivity index (χ1v) is 9.25. The number of hydrogen-bond acceptors (Lipinski definition) is 3. The summed E-state index contributed by atoms with van der Waals surface area (Å²) in [4.78, 5) is 17.4. The minimum atomic E-state index is 0.189. The van der Waals surface area contributed by atoms with Gasteiger partial charge in [-0.15, -0.1) is 0 Å². The Bertz CT molecular complexity index is 547. The minimum Gasteiger partial charge on any atom is -0.385 e. The van der Waals surface area contributed by atoms with Crippen LogP contribution in [0, 0.1) is 6.92 Å². The van der Waals surface area contributed by atoms with E-state index in [9.17, 15) is 4.79 Å². The first-order chi connectivity index (χ1) is 11.6. The first-order valence-electron chi connectivity index (χ1n) is 9.25. The lowest BCUT2D eigenvalue weighted by molar-refractivity contribution is 0.0382. The molecule has 24 heavy (non-hydrogen) atoms. The zero-order valence-electron chi connectivity index (χ0n) is 15.1. The van der Waals surface area contributed by atoms with Crippen LogP contribution >= 0.6 is 0 Å². The minimum absolute atomic E-state index is 0.189. The molecule has 2 aliphatic heterocycles. The number of nitrogens with zero attached hydrogens (tertiary/aromatic N) is 2. The zero-order valence-corrected chi connectivity index (χ0v) is 15.1. The van der Waals surface area contributed by atoms with E-state index in [-0.39, 0.29) is 5.91 Å². The standard InChI is InChI=1S/C20H30N2O2/c1-17-5-7-18(8-6-17)19(23)21-14-10-20(11-15-21)9-3-12-22(20)13-4-16-24-2/h5-8H,3-4,9-16H2,1-2H3. The van der Waals surface area contributed by atoms with Crippen LogP contribution in [0.25, 0.3) is 0 Å². The van der Waals surface area contributed by atoms with E-state index in [1.807, 2.05) is 29.2 Å². The van der Waals surface area contributed by atoms with Crippen molar-refractivity contribution in [2.75, 3.05) is 39.9 Å². The fourth-order valence-corrected chi connectivity index (χ4v) is 4.31. The Morgan fingerprint density at radius 1 is 1.12 bits per heavy atom. The van der Waals surface area contributed by atoms with Gasteiger partial charge in [-0.3, -0.25) is 9.69 Å². The monoisotopic (exact) mass is 330 g/mol. The van der Waals surface area contributed by atoms with Crippen molar-refractivity contribution < 1.29 is 9.53 Å². The summed E-state index contributed by atoms with van der Waals surface area (Å²) in [5.74, 6) is 0.189. The van der Waals surface area contributed by atoms with E-state index < -0.39 is 0 Å². The molecule has 2 saturated heterocycles. The molecule has 1 aromatic rings. The third-order valence-electron chi connectivity index (χ3n) is 5.80. The number of methoxy groups -OCH3 is 1. The van der Waals surface area contributed by atoms with Gasteiger partial charge in [0.25, 0.3) is 5.91 Å². The number of piperidine rings is 1. The first kappa shape index (κ1) is 17.4. The van der Waals surface area contributed by atoms with Gasteiger partial charge in [0.1, 0.15) is 0 Å². The summed E-state index contributed by atoms with van der Waals surface area (Å²) in [6, 6.07) is 7.95. The highest BCUT2D eigenvalue weighted by Gasteiger charge is 2.43. The Hall–Kier alpha value is -1.39. The van der Waals surface area contributed by atoms with E-state index in [2.05, 4.69) is 11.8 Å². The van der Waals surface area contributed by atoms with Crippen molar-refractivity contribution in [1.29, 1.82) is 0 Å². The van der Waals surface area contributed by atoms with Gasteiger partial charge in [-0.25, -0.2) is 0 Å². The summed E-state index contributed by atoms with van der Waals surface area (Å²) in [7, 11) is 1.77. The van der Waals surface area contributed by atoms with Crippen LogP contribution in [0.4, 0.5) is 0 Å². The Morgan fingerprint density at radius 2 is 1.83 bits per heavy atom. The van der Waals surface area contributed by atoms with E-state index in [1.54, 1.807) is 7.11 Å². The maximum Gasteiger partial charge on any atom is 0.253 e. The van der Waals surface area contributed by atoms with Crippen molar-refractivity contribution >= 4 is 5.91 Å². The Balaban J connectivity index is 1.58. The largest absolute Gasteiger partial charge is 0.385 e. The molecule has 0 unspecified atom stereocenters. The van der Waals surface area contributed by atoms with Crippen LogP contribution in [-0.2, 0) is 4.74 Å². The van der Waals surface area contributed by atoms with Crippen molar-refractivity contribution in [3.05, 3.63) is 35.4 Å². The van der Waals surface area contributed by atoms with Crippen LogP contribution < -0.4 is 0 Å². The quantitative estimate of drug-likeness (QED) is 0.778. The second-order valence-electron chi connectivity index (χ2n) is 7.32. The van der Waals surface area contributed by atoms with E-state index in [0.29, 0.717) is 5.54 Å². The van der Waals surface area contributed by atoms with Crippen molar-refractivity contribution in [3.8, 4) is 0 Å². The average Bonchev–Trinajstić information content (AvgIpc) is 2.98. The molecular formula is C20H30N2O2. The van der Waals surface area contributed by atoms with Crippen molar-refractivity contribution in [3.63, 3.8) is 0 Å². The molecule has 0 saturated carbocycles. The highest BCUT2D eigenvalue weighted by molar-refractivity contribution is 5.94. The van der Waals surface area contributed by atoms with Crippen molar-refractivity contribution in [2.45, 2.75) is 44.6 Å². The van der Waals surface area contributed by atoms with E-state index in [1.165, 1.54) is 24.9 Å². The highest BCUT2D eigenvalue weighted by Crippen LogP contribution is 2.38. The van der Waals surface area contributed by atoms with Gasteiger partial charge in [-0.05, 0) is 57.7 Å². The SMILES string of the molecule is COCCCN1CCCC12CCN(C(=O)c1ccc(C)cc1)CC2. The number of benzene rings is 1. The Kier molecular flexibility index (Phi) is 5.57. The van der Waals surface area contributed by atoms with Gasteiger partial charge < -0.3 is 9.64 Å². The Morgan fingerprint density at radius 3 is 2.50 bits per heavy atom. The molecule has 0 N–H and O–H groups in total. The fraction of sp³-hybridized carbons (Fsp3) is 0.650. The average molecular weight is 330 g/mol. The molecular weight excluding hydrogens is 300 g/mol. The summed E-state index contributed by atoms with van der Waals surface area (Å²) in [6.45, 7) is 6.98. The predicted octanol–water partition coefficient (Wildman–Crippen LogP) is 3.10. The lowest BCUT2D eigenvalue weighted by atomic mass is 9.84. The van der Waals surface area contributed by atoms with E-state index >= 15 is 0 Å². The molecule has 0 atom stereocenters. The molecule has 4 heteroatoms. The van der Waals surface area contributed by atoms with Crippen molar-refractivity contribution in [1.82, 2.24) is 9.80 Å². The summed E-state index contributed by atoms with van der Waals surface area (Å²) in [5.41, 5.74) is 2.35. The maximum absolute atomic E-state index is 12.7. The van der Waals surface area contributed by atoms with Gasteiger partial charge in [0.2, 0.25) is 0 Å². The normalized spacial score (nSPS) is 20.7. The molecule has 132 valence electrons. The summed E-state index contributed by atoms with van der Waals surface area (Å²) in [5, 5.41) is 0. The van der Waals surface area contributed by atoms with Gasteiger partial charge in [-0.2, -0.15) is 0 Å². The van der Waals surface area contributed by atoms with Crippen LogP contribution in [0.2, 0.25) is 0 Å². The number of amides is 1. The van der Waals surface area contributed by atoms with Crippen LogP contribution in [0.3, 0.4) is 0 Å². The number of likely N-dealkylation sites (tertiary alicyclic amines) is 2. The number of aryl methyl sites for hydroxylation is 1. The maximum atomic E-state index is 12.7. The van der Waals surface area contributed by atoms with Crippen LogP contribution in [-0.4, -0.2) is 61.1 Å². The lowest BCUT2D eigenvalue weighted by Crippen LogP contribution is -2.53. The number of rotatable bonds is 5. The van der Waals surface area contributed by atoms with Crippen molar-refractivity contribution in [2.24, 2.45) is 0 Å². The highest BCUT2D eigenvalue weighted by atomic mass is 16.5. The second-order valence-corrected chi connectivity index (χ2v) is 7.32. The molecule has 0 aliphatic carbocycles. The number of carbonyl (C=O) groups excluding carboxylic acids is 1. The molecule has 2 aliphatic rings. The second kappa shape index (κ2) is 7.66. The third kappa shape index (κ3) is 3.65. The summed E-state index contributed by atoms with van der Waals surface area (Å²) in [6.07, 6.45) is 5.89. The number of hydrogen-bond donors (Lipinski definition) is 0. The molecule has 3 rings (SSSR count). The number of carbonyl (C=O) groups is 1. The molecule has 0 bridgehead atoms. The molecule has 0 aromatic heterocycles. The molecule has 1 aromatic carbocycles. The van der Waals surface area contributed by atoms with Gasteiger partial charge in [0.05, 0.1) is 0 Å². The molecule has 0 radical (unpaired) electrons. The molecule has 1 spiro atoms. The molecule has 2 heterocycles.